The Bertz CT molecular complexity index is 99.4. The van der Waals surface area contributed by atoms with Gasteiger partial charge < -0.3 is 11.1 Å². The summed E-state index contributed by atoms with van der Waals surface area (Å²) in [5, 5.41) is 3.21. The van der Waals surface area contributed by atoms with E-state index in [9.17, 15) is 0 Å². The van der Waals surface area contributed by atoms with Gasteiger partial charge in [-0.1, -0.05) is 20.4 Å². The van der Waals surface area contributed by atoms with Gasteiger partial charge in [0.2, 0.25) is 0 Å². The van der Waals surface area contributed by atoms with Crippen LogP contribution in [-0.2, 0) is 0 Å². The Morgan fingerprint density at radius 3 is 2.70 bits per heavy atom. The lowest BCUT2D eigenvalue weighted by Gasteiger charge is -2.11. The van der Waals surface area contributed by atoms with Crippen LogP contribution in [-0.4, -0.2) is 13.1 Å². The molecule has 0 aliphatic heterocycles. The Morgan fingerprint density at radius 1 is 1.70 bits per heavy atom. The molecule has 0 rings (SSSR count). The van der Waals surface area contributed by atoms with E-state index in [1.165, 1.54) is 0 Å². The molecule has 0 aliphatic rings. The first-order chi connectivity index (χ1) is 4.70. The molecule has 0 fully saturated rings. The molecule has 0 bridgehead atoms. The van der Waals surface area contributed by atoms with Crippen LogP contribution in [0, 0.1) is 5.92 Å². The minimum absolute atomic E-state index is 0.545. The Kier molecular flexibility index (Phi) is 5.03. The van der Waals surface area contributed by atoms with Crippen LogP contribution in [0.2, 0.25) is 0 Å². The summed E-state index contributed by atoms with van der Waals surface area (Å²) in [4.78, 5) is 0. The van der Waals surface area contributed by atoms with Crippen molar-refractivity contribution in [2.45, 2.75) is 20.3 Å². The van der Waals surface area contributed by atoms with Gasteiger partial charge in [-0.25, -0.2) is 0 Å². The first kappa shape index (κ1) is 9.50. The average molecular weight is 142 g/mol. The van der Waals surface area contributed by atoms with Gasteiger partial charge in [-0.3, -0.25) is 0 Å². The van der Waals surface area contributed by atoms with E-state index in [2.05, 4.69) is 25.7 Å². The molecule has 0 radical (unpaired) electrons. The third-order valence-electron chi connectivity index (χ3n) is 1.53. The standard InChI is InChI=1S/C8H18N2/c1-4-8(3)10-6-7(2)5-9/h7,10H,3-6,9H2,1-2H3. The zero-order valence-electron chi connectivity index (χ0n) is 6.98. The third kappa shape index (κ3) is 4.39. The van der Waals surface area contributed by atoms with Crippen LogP contribution in [0.3, 0.4) is 0 Å². The van der Waals surface area contributed by atoms with Crippen LogP contribution < -0.4 is 11.1 Å². The highest BCUT2D eigenvalue weighted by Gasteiger charge is 1.96. The zero-order chi connectivity index (χ0) is 7.98. The van der Waals surface area contributed by atoms with Crippen LogP contribution >= 0.6 is 0 Å². The van der Waals surface area contributed by atoms with Crippen molar-refractivity contribution in [2.24, 2.45) is 11.7 Å². The third-order valence-corrected chi connectivity index (χ3v) is 1.53. The van der Waals surface area contributed by atoms with Gasteiger partial charge in [-0.2, -0.15) is 0 Å². The number of rotatable bonds is 5. The fourth-order valence-electron chi connectivity index (χ4n) is 0.527. The first-order valence-corrected chi connectivity index (χ1v) is 3.82. The Morgan fingerprint density at radius 2 is 2.30 bits per heavy atom. The van der Waals surface area contributed by atoms with Gasteiger partial charge in [-0.15, -0.1) is 0 Å². The number of hydrogen-bond donors (Lipinski definition) is 2. The molecule has 10 heavy (non-hydrogen) atoms. The minimum Gasteiger partial charge on any atom is -0.389 e. The Labute approximate surface area is 63.5 Å². The summed E-state index contributed by atoms with van der Waals surface area (Å²) in [7, 11) is 0. The molecule has 0 heterocycles. The van der Waals surface area contributed by atoms with E-state index in [0.717, 1.165) is 25.2 Å². The van der Waals surface area contributed by atoms with Crippen LogP contribution in [0.15, 0.2) is 12.3 Å². The second-order valence-corrected chi connectivity index (χ2v) is 2.68. The van der Waals surface area contributed by atoms with Crippen LogP contribution in [0.1, 0.15) is 20.3 Å². The van der Waals surface area contributed by atoms with E-state index in [0.29, 0.717) is 5.92 Å². The molecule has 2 heteroatoms. The maximum atomic E-state index is 5.43. The molecule has 0 aliphatic carbocycles. The predicted octanol–water partition coefficient (Wildman–Crippen LogP) is 1.09. The molecule has 0 aromatic carbocycles. The highest BCUT2D eigenvalue weighted by molar-refractivity contribution is 4.89. The molecular formula is C8H18N2. The number of allylic oxidation sites excluding steroid dienone is 1. The summed E-state index contributed by atoms with van der Waals surface area (Å²) >= 11 is 0. The van der Waals surface area contributed by atoms with Crippen molar-refractivity contribution in [1.82, 2.24) is 5.32 Å². The van der Waals surface area contributed by atoms with Crippen molar-refractivity contribution in [3.8, 4) is 0 Å². The van der Waals surface area contributed by atoms with Gasteiger partial charge in [0.05, 0.1) is 0 Å². The van der Waals surface area contributed by atoms with Crippen molar-refractivity contribution in [3.63, 3.8) is 0 Å². The minimum atomic E-state index is 0.545. The molecule has 0 aromatic heterocycles. The summed E-state index contributed by atoms with van der Waals surface area (Å²) in [6.45, 7) is 9.72. The fourth-order valence-corrected chi connectivity index (χ4v) is 0.527. The van der Waals surface area contributed by atoms with E-state index in [-0.39, 0.29) is 0 Å². The summed E-state index contributed by atoms with van der Waals surface area (Å²) in [6.07, 6.45) is 0.997. The van der Waals surface area contributed by atoms with Gasteiger partial charge >= 0.3 is 0 Å². The van der Waals surface area contributed by atoms with Crippen LogP contribution in [0.25, 0.3) is 0 Å². The lowest BCUT2D eigenvalue weighted by molar-refractivity contribution is 0.552. The van der Waals surface area contributed by atoms with Crippen molar-refractivity contribution < 1.29 is 0 Å². The Balaban J connectivity index is 3.26. The maximum absolute atomic E-state index is 5.43. The molecule has 60 valence electrons. The van der Waals surface area contributed by atoms with Crippen LogP contribution in [0.5, 0.6) is 0 Å². The molecule has 3 N–H and O–H groups in total. The fraction of sp³-hybridized carbons (Fsp3) is 0.750. The molecular weight excluding hydrogens is 124 g/mol. The van der Waals surface area contributed by atoms with Crippen molar-refractivity contribution >= 4 is 0 Å². The Hall–Kier alpha value is -0.500. The smallest absolute Gasteiger partial charge is 0.0181 e. The van der Waals surface area contributed by atoms with Gasteiger partial charge in [0.15, 0.2) is 0 Å². The molecule has 0 aromatic rings. The second-order valence-electron chi connectivity index (χ2n) is 2.68. The molecule has 2 nitrogen and oxygen atoms in total. The molecule has 0 spiro atoms. The summed E-state index contributed by atoms with van der Waals surface area (Å²) in [5.74, 6) is 0.545. The average Bonchev–Trinajstić information content (AvgIpc) is 1.99. The first-order valence-electron chi connectivity index (χ1n) is 3.82. The predicted molar refractivity (Wildman–Crippen MR) is 45.7 cm³/mol. The summed E-state index contributed by atoms with van der Waals surface area (Å²) in [5.41, 5.74) is 6.53. The van der Waals surface area contributed by atoms with Gasteiger partial charge in [-0.05, 0) is 18.9 Å². The molecule has 0 saturated heterocycles. The normalized spacial score (nSPS) is 12.7. The second kappa shape index (κ2) is 5.30. The highest BCUT2D eigenvalue weighted by atomic mass is 14.9. The van der Waals surface area contributed by atoms with E-state index in [1.807, 2.05) is 0 Å². The lowest BCUT2D eigenvalue weighted by Crippen LogP contribution is -2.25. The molecule has 0 saturated carbocycles. The van der Waals surface area contributed by atoms with Crippen LogP contribution in [0.4, 0.5) is 0 Å². The maximum Gasteiger partial charge on any atom is 0.0181 e. The van der Waals surface area contributed by atoms with E-state index < -0.39 is 0 Å². The summed E-state index contributed by atoms with van der Waals surface area (Å²) in [6, 6.07) is 0. The van der Waals surface area contributed by atoms with E-state index in [4.69, 9.17) is 5.73 Å². The SMILES string of the molecule is C=C(CC)NCC(C)CN. The molecule has 0 amide bonds. The summed E-state index contributed by atoms with van der Waals surface area (Å²) < 4.78 is 0. The highest BCUT2D eigenvalue weighted by Crippen LogP contribution is 1.93. The van der Waals surface area contributed by atoms with Crippen molar-refractivity contribution in [2.75, 3.05) is 13.1 Å². The zero-order valence-corrected chi connectivity index (χ0v) is 6.98. The largest absolute Gasteiger partial charge is 0.389 e. The van der Waals surface area contributed by atoms with Gasteiger partial charge in [0.25, 0.3) is 0 Å². The number of nitrogens with one attached hydrogen (secondary N) is 1. The lowest BCUT2D eigenvalue weighted by atomic mass is 10.2. The van der Waals surface area contributed by atoms with E-state index >= 15 is 0 Å². The van der Waals surface area contributed by atoms with Crippen molar-refractivity contribution in [1.29, 1.82) is 0 Å². The molecule has 1 unspecified atom stereocenters. The van der Waals surface area contributed by atoms with E-state index in [1.54, 1.807) is 0 Å². The quantitative estimate of drug-likeness (QED) is 0.603. The van der Waals surface area contributed by atoms with Gasteiger partial charge in [0.1, 0.15) is 0 Å². The van der Waals surface area contributed by atoms with Gasteiger partial charge in [0, 0.05) is 12.2 Å². The number of hydrogen-bond acceptors (Lipinski definition) is 2. The van der Waals surface area contributed by atoms with Crippen molar-refractivity contribution in [3.05, 3.63) is 12.3 Å². The monoisotopic (exact) mass is 142 g/mol. The molecule has 1 atom stereocenters. The number of nitrogens with two attached hydrogens (primary N) is 1. The topological polar surface area (TPSA) is 38.0 Å².